The smallest absolute Gasteiger partial charge is 0.160 e. The number of ether oxygens (including phenoxy) is 2. The minimum absolute atomic E-state index is 0.289. The molecule has 0 bridgehead atoms. The van der Waals surface area contributed by atoms with Crippen molar-refractivity contribution in [1.82, 2.24) is 5.32 Å². The van der Waals surface area contributed by atoms with Gasteiger partial charge in [-0.25, -0.2) is 0 Å². The topological polar surface area (TPSA) is 71.0 Å². The number of hydrogen-bond donors (Lipinski definition) is 3. The van der Waals surface area contributed by atoms with Crippen LogP contribution in [0.15, 0.2) is 48.5 Å². The molecule has 0 heterocycles. The van der Waals surface area contributed by atoms with E-state index in [-0.39, 0.29) is 12.6 Å². The summed E-state index contributed by atoms with van der Waals surface area (Å²) in [5, 5.41) is 22.7. The summed E-state index contributed by atoms with van der Waals surface area (Å²) in [5.74, 6) is 1.40. The number of methoxy groups -OCH3 is 2. The molecule has 0 radical (unpaired) electrons. The van der Waals surface area contributed by atoms with E-state index in [0.717, 1.165) is 17.5 Å². The first-order chi connectivity index (χ1) is 11.7. The van der Waals surface area contributed by atoms with Gasteiger partial charge >= 0.3 is 0 Å². The van der Waals surface area contributed by atoms with E-state index in [1.165, 1.54) is 0 Å². The monoisotopic (exact) mass is 331 g/mol. The predicted molar refractivity (Wildman–Crippen MR) is 93.5 cm³/mol. The highest BCUT2D eigenvalue weighted by Crippen LogP contribution is 2.27. The van der Waals surface area contributed by atoms with E-state index < -0.39 is 6.10 Å². The van der Waals surface area contributed by atoms with Gasteiger partial charge in [0.1, 0.15) is 0 Å². The van der Waals surface area contributed by atoms with Crippen molar-refractivity contribution in [2.24, 2.45) is 0 Å². The lowest BCUT2D eigenvalue weighted by Gasteiger charge is -2.23. The number of rotatable bonds is 9. The van der Waals surface area contributed by atoms with Crippen LogP contribution in [0.2, 0.25) is 0 Å². The fourth-order valence-electron chi connectivity index (χ4n) is 2.65. The lowest BCUT2D eigenvalue weighted by atomic mass is 10.0. The van der Waals surface area contributed by atoms with Crippen molar-refractivity contribution in [2.45, 2.75) is 18.6 Å². The van der Waals surface area contributed by atoms with Gasteiger partial charge in [-0.1, -0.05) is 36.4 Å². The Labute approximate surface area is 142 Å². The molecule has 0 aromatic heterocycles. The molecule has 0 saturated heterocycles. The van der Waals surface area contributed by atoms with Gasteiger partial charge in [-0.15, -0.1) is 0 Å². The molecule has 3 N–H and O–H groups in total. The SMILES string of the molecule is COc1ccc(CCN[C@H](c2ccccc2)[C@@H](O)CO)cc1OC. The van der Waals surface area contributed by atoms with E-state index in [1.807, 2.05) is 48.5 Å². The van der Waals surface area contributed by atoms with Crippen molar-refractivity contribution in [3.05, 3.63) is 59.7 Å². The molecule has 2 aromatic rings. The average molecular weight is 331 g/mol. The van der Waals surface area contributed by atoms with Crippen LogP contribution in [0.3, 0.4) is 0 Å². The van der Waals surface area contributed by atoms with Crippen LogP contribution in [0.25, 0.3) is 0 Å². The average Bonchev–Trinajstić information content (AvgIpc) is 2.65. The molecule has 0 fully saturated rings. The molecule has 2 aromatic carbocycles. The first kappa shape index (κ1) is 18.3. The number of aliphatic hydroxyl groups is 2. The van der Waals surface area contributed by atoms with E-state index in [1.54, 1.807) is 14.2 Å². The maximum atomic E-state index is 10.1. The lowest BCUT2D eigenvalue weighted by molar-refractivity contribution is 0.0626. The van der Waals surface area contributed by atoms with Gasteiger partial charge in [0, 0.05) is 0 Å². The highest BCUT2D eigenvalue weighted by molar-refractivity contribution is 5.43. The minimum atomic E-state index is -0.849. The molecule has 24 heavy (non-hydrogen) atoms. The summed E-state index contributed by atoms with van der Waals surface area (Å²) >= 11 is 0. The van der Waals surface area contributed by atoms with Gasteiger partial charge in [0.15, 0.2) is 11.5 Å². The quantitative estimate of drug-likeness (QED) is 0.655. The number of aliphatic hydroxyl groups excluding tert-OH is 2. The van der Waals surface area contributed by atoms with E-state index in [2.05, 4.69) is 5.32 Å². The highest BCUT2D eigenvalue weighted by atomic mass is 16.5. The van der Waals surface area contributed by atoms with Gasteiger partial charge < -0.3 is 25.0 Å². The fraction of sp³-hybridized carbons (Fsp3) is 0.368. The fourth-order valence-corrected chi connectivity index (χ4v) is 2.65. The molecule has 2 rings (SSSR count). The zero-order valence-electron chi connectivity index (χ0n) is 14.1. The summed E-state index contributed by atoms with van der Waals surface area (Å²) in [7, 11) is 3.22. The molecule has 0 aliphatic rings. The van der Waals surface area contributed by atoms with Crippen LogP contribution in [0, 0.1) is 0 Å². The van der Waals surface area contributed by atoms with Crippen molar-refractivity contribution < 1.29 is 19.7 Å². The molecular weight excluding hydrogens is 306 g/mol. The molecule has 0 unspecified atom stereocenters. The molecule has 0 saturated carbocycles. The predicted octanol–water partition coefficient (Wildman–Crippen LogP) is 1.93. The Hall–Kier alpha value is -2.08. The van der Waals surface area contributed by atoms with Crippen LogP contribution in [-0.2, 0) is 6.42 Å². The van der Waals surface area contributed by atoms with E-state index in [9.17, 15) is 10.2 Å². The zero-order valence-corrected chi connectivity index (χ0v) is 14.1. The summed E-state index contributed by atoms with van der Waals surface area (Å²) < 4.78 is 10.5. The second-order valence-corrected chi connectivity index (χ2v) is 5.53. The van der Waals surface area contributed by atoms with E-state index >= 15 is 0 Å². The summed E-state index contributed by atoms with van der Waals surface area (Å²) in [5.41, 5.74) is 2.05. The van der Waals surface area contributed by atoms with E-state index in [0.29, 0.717) is 18.0 Å². The van der Waals surface area contributed by atoms with Crippen LogP contribution < -0.4 is 14.8 Å². The van der Waals surface area contributed by atoms with Crippen LogP contribution in [-0.4, -0.2) is 43.7 Å². The van der Waals surface area contributed by atoms with Gasteiger partial charge in [0.2, 0.25) is 0 Å². The van der Waals surface area contributed by atoms with Crippen molar-refractivity contribution in [1.29, 1.82) is 0 Å². The first-order valence-electron chi connectivity index (χ1n) is 7.97. The van der Waals surface area contributed by atoms with Crippen molar-refractivity contribution >= 4 is 0 Å². The van der Waals surface area contributed by atoms with Gasteiger partial charge in [-0.05, 0) is 36.2 Å². The van der Waals surface area contributed by atoms with Crippen LogP contribution in [0.5, 0.6) is 11.5 Å². The van der Waals surface area contributed by atoms with Crippen LogP contribution in [0.4, 0.5) is 0 Å². The van der Waals surface area contributed by atoms with Gasteiger partial charge in [0.25, 0.3) is 0 Å². The normalized spacial score (nSPS) is 13.3. The summed E-state index contributed by atoms with van der Waals surface area (Å²) in [6.45, 7) is 0.370. The largest absolute Gasteiger partial charge is 0.493 e. The third-order valence-corrected chi connectivity index (χ3v) is 3.96. The van der Waals surface area contributed by atoms with Crippen molar-refractivity contribution in [3.8, 4) is 11.5 Å². The summed E-state index contributed by atoms with van der Waals surface area (Å²) in [6, 6.07) is 15.1. The summed E-state index contributed by atoms with van der Waals surface area (Å²) in [6.07, 6.45) is -0.0835. The minimum Gasteiger partial charge on any atom is -0.493 e. The Morgan fingerprint density at radius 1 is 1.00 bits per heavy atom. The summed E-state index contributed by atoms with van der Waals surface area (Å²) in [4.78, 5) is 0. The number of benzene rings is 2. The molecular formula is C19H25NO4. The maximum absolute atomic E-state index is 10.1. The Morgan fingerprint density at radius 3 is 2.33 bits per heavy atom. The number of nitrogens with one attached hydrogen (secondary N) is 1. The van der Waals surface area contributed by atoms with Gasteiger partial charge in [-0.3, -0.25) is 0 Å². The third-order valence-electron chi connectivity index (χ3n) is 3.96. The molecule has 5 heteroatoms. The second kappa shape index (κ2) is 9.27. The van der Waals surface area contributed by atoms with Gasteiger partial charge in [-0.2, -0.15) is 0 Å². The molecule has 0 spiro atoms. The molecule has 0 amide bonds. The van der Waals surface area contributed by atoms with Crippen LogP contribution >= 0.6 is 0 Å². The first-order valence-corrected chi connectivity index (χ1v) is 7.97. The van der Waals surface area contributed by atoms with Crippen molar-refractivity contribution in [2.75, 3.05) is 27.4 Å². The molecule has 5 nitrogen and oxygen atoms in total. The third kappa shape index (κ3) is 4.71. The van der Waals surface area contributed by atoms with E-state index in [4.69, 9.17) is 9.47 Å². The standard InChI is InChI=1S/C19H25NO4/c1-23-17-9-8-14(12-18(17)24-2)10-11-20-19(16(22)13-21)15-6-4-3-5-7-15/h3-9,12,16,19-22H,10-11,13H2,1-2H3/t16-,19+/m0/s1. The van der Waals surface area contributed by atoms with Gasteiger partial charge in [0.05, 0.1) is 33.0 Å². The Kier molecular flexibility index (Phi) is 7.06. The molecule has 0 aliphatic heterocycles. The Balaban J connectivity index is 2.00. The molecule has 2 atom stereocenters. The molecule has 130 valence electrons. The van der Waals surface area contributed by atoms with Crippen molar-refractivity contribution in [3.63, 3.8) is 0 Å². The zero-order chi connectivity index (χ0) is 17.4. The Bertz CT molecular complexity index is 618. The lowest BCUT2D eigenvalue weighted by Crippen LogP contribution is -2.35. The second-order valence-electron chi connectivity index (χ2n) is 5.53. The Morgan fingerprint density at radius 2 is 1.71 bits per heavy atom. The highest BCUT2D eigenvalue weighted by Gasteiger charge is 2.19. The maximum Gasteiger partial charge on any atom is 0.160 e. The van der Waals surface area contributed by atoms with Crippen LogP contribution in [0.1, 0.15) is 17.2 Å². The number of hydrogen-bond acceptors (Lipinski definition) is 5. The molecule has 0 aliphatic carbocycles.